The minimum absolute atomic E-state index is 0.124. The number of nitrogens with one attached hydrogen (secondary N) is 1. The molecular formula is C20H22N4O6S. The summed E-state index contributed by atoms with van der Waals surface area (Å²) in [4.78, 5) is 12.5. The van der Waals surface area contributed by atoms with Gasteiger partial charge < -0.3 is 18.9 Å². The Hall–Kier alpha value is -3.02. The zero-order valence-corrected chi connectivity index (χ0v) is 17.7. The number of benzene rings is 1. The molecule has 1 aliphatic rings. The summed E-state index contributed by atoms with van der Waals surface area (Å²) in [6, 6.07) is 9.52. The van der Waals surface area contributed by atoms with Crippen molar-refractivity contribution in [2.45, 2.75) is 24.3 Å². The number of nitrogens with zero attached hydrogens (tertiary/aromatic N) is 3. The molecule has 164 valence electrons. The van der Waals surface area contributed by atoms with E-state index < -0.39 is 15.9 Å². The molecule has 0 radical (unpaired) electrons. The normalized spacial score (nSPS) is 16.2. The summed E-state index contributed by atoms with van der Waals surface area (Å²) < 4.78 is 42.8. The Kier molecular flexibility index (Phi) is 6.16. The maximum Gasteiger partial charge on any atom is 0.309 e. The van der Waals surface area contributed by atoms with Crippen molar-refractivity contribution in [3.63, 3.8) is 0 Å². The number of carbonyl (C=O) groups excluding carboxylic acids is 1. The summed E-state index contributed by atoms with van der Waals surface area (Å²) in [6.07, 6.45) is 2.10. The number of rotatable bonds is 7. The lowest BCUT2D eigenvalue weighted by molar-refractivity contribution is 0.0730. The molecule has 0 aliphatic carbocycles. The molecule has 1 aromatic carbocycles. The first-order valence-electron chi connectivity index (χ1n) is 9.78. The molecule has 11 heteroatoms. The minimum Gasteiger partial charge on any atom is -0.469 e. The van der Waals surface area contributed by atoms with Crippen LogP contribution in [0.5, 0.6) is 0 Å². The number of amides is 1. The second-order valence-corrected chi connectivity index (χ2v) is 9.05. The molecule has 0 bridgehead atoms. The molecule has 4 rings (SSSR count). The van der Waals surface area contributed by atoms with Crippen molar-refractivity contribution in [3.05, 3.63) is 54.3 Å². The highest BCUT2D eigenvalue weighted by molar-refractivity contribution is 7.89. The van der Waals surface area contributed by atoms with Crippen molar-refractivity contribution in [1.82, 2.24) is 19.8 Å². The van der Waals surface area contributed by atoms with Crippen LogP contribution < -0.4 is 5.32 Å². The van der Waals surface area contributed by atoms with Gasteiger partial charge in [-0.1, -0.05) is 0 Å². The van der Waals surface area contributed by atoms with E-state index >= 15 is 0 Å². The van der Waals surface area contributed by atoms with Crippen molar-refractivity contribution in [1.29, 1.82) is 0 Å². The van der Waals surface area contributed by atoms with E-state index in [4.69, 9.17) is 13.6 Å². The fraction of sp³-hybridized carbons (Fsp3) is 0.350. The van der Waals surface area contributed by atoms with Gasteiger partial charge in [0.15, 0.2) is 0 Å². The van der Waals surface area contributed by atoms with E-state index in [0.29, 0.717) is 38.3 Å². The highest BCUT2D eigenvalue weighted by Crippen LogP contribution is 2.23. The summed E-state index contributed by atoms with van der Waals surface area (Å²) in [7, 11) is -3.59. The van der Waals surface area contributed by atoms with E-state index in [9.17, 15) is 13.2 Å². The van der Waals surface area contributed by atoms with Crippen molar-refractivity contribution in [3.8, 4) is 11.5 Å². The van der Waals surface area contributed by atoms with Crippen molar-refractivity contribution < 1.29 is 26.8 Å². The molecule has 1 saturated heterocycles. The van der Waals surface area contributed by atoms with Crippen LogP contribution in [0.4, 0.5) is 0 Å². The quantitative estimate of drug-likeness (QED) is 0.581. The Morgan fingerprint density at radius 3 is 2.58 bits per heavy atom. The van der Waals surface area contributed by atoms with E-state index in [1.54, 1.807) is 24.5 Å². The number of hydrogen-bond acceptors (Lipinski definition) is 8. The molecule has 1 aliphatic heterocycles. The maximum atomic E-state index is 12.7. The zero-order chi connectivity index (χ0) is 21.8. The van der Waals surface area contributed by atoms with Crippen molar-refractivity contribution >= 4 is 15.9 Å². The number of furan rings is 1. The van der Waals surface area contributed by atoms with Crippen LogP contribution in [-0.4, -0.2) is 61.2 Å². The lowest BCUT2D eigenvalue weighted by Crippen LogP contribution is -2.40. The summed E-state index contributed by atoms with van der Waals surface area (Å²) >= 11 is 0. The van der Waals surface area contributed by atoms with Gasteiger partial charge in [0.05, 0.1) is 24.4 Å². The average molecular weight is 446 g/mol. The zero-order valence-electron chi connectivity index (χ0n) is 16.9. The fourth-order valence-electron chi connectivity index (χ4n) is 3.20. The van der Waals surface area contributed by atoms with Gasteiger partial charge in [0.25, 0.3) is 0 Å². The van der Waals surface area contributed by atoms with E-state index in [0.717, 1.165) is 5.76 Å². The standard InChI is InChI=1S/C20H22N4O6S/c1-14(13-16-3-2-10-29-16)21-18(25)20-23-22-19(30-20)15-4-6-17(7-5-15)31(26,27)24-8-11-28-12-9-24/h2-7,10,14H,8-9,11-13H2,1H3,(H,21,25)/t14-/m1/s1. The molecule has 3 aromatic rings. The van der Waals surface area contributed by atoms with Gasteiger partial charge in [-0.2, -0.15) is 4.31 Å². The monoisotopic (exact) mass is 446 g/mol. The van der Waals surface area contributed by atoms with Gasteiger partial charge in [-0.05, 0) is 43.3 Å². The molecule has 0 saturated carbocycles. The SMILES string of the molecule is C[C@H](Cc1ccco1)NC(=O)c1nnc(-c2ccc(S(=O)(=O)N3CCOCC3)cc2)o1. The summed E-state index contributed by atoms with van der Waals surface area (Å²) in [5.74, 6) is 0.209. The van der Waals surface area contributed by atoms with Crippen molar-refractivity contribution in [2.75, 3.05) is 26.3 Å². The van der Waals surface area contributed by atoms with Crippen LogP contribution in [0.15, 0.2) is 56.4 Å². The Bertz CT molecular complexity index is 1120. The highest BCUT2D eigenvalue weighted by Gasteiger charge is 2.26. The fourth-order valence-corrected chi connectivity index (χ4v) is 4.61. The molecule has 10 nitrogen and oxygen atoms in total. The third-order valence-corrected chi connectivity index (χ3v) is 6.71. The molecule has 31 heavy (non-hydrogen) atoms. The first kappa shape index (κ1) is 21.2. The van der Waals surface area contributed by atoms with Crippen LogP contribution in [0.1, 0.15) is 23.4 Å². The largest absolute Gasteiger partial charge is 0.469 e. The number of ether oxygens (including phenoxy) is 1. The van der Waals surface area contributed by atoms with Crippen LogP contribution in [-0.2, 0) is 21.2 Å². The molecule has 2 aromatic heterocycles. The lowest BCUT2D eigenvalue weighted by Gasteiger charge is -2.26. The maximum absolute atomic E-state index is 12.7. The predicted octanol–water partition coefficient (Wildman–Crippen LogP) is 1.71. The van der Waals surface area contributed by atoms with Gasteiger partial charge in [0.1, 0.15) is 5.76 Å². The Morgan fingerprint density at radius 2 is 1.90 bits per heavy atom. The molecule has 3 heterocycles. The number of carbonyl (C=O) groups is 1. The summed E-state index contributed by atoms with van der Waals surface area (Å²) in [6.45, 7) is 3.25. The van der Waals surface area contributed by atoms with Crippen LogP contribution in [0.2, 0.25) is 0 Å². The molecular weight excluding hydrogens is 424 g/mol. The number of aromatic nitrogens is 2. The van der Waals surface area contributed by atoms with Gasteiger partial charge in [-0.3, -0.25) is 4.79 Å². The second-order valence-electron chi connectivity index (χ2n) is 7.11. The molecule has 1 amide bonds. The Morgan fingerprint density at radius 1 is 1.16 bits per heavy atom. The van der Waals surface area contributed by atoms with E-state index in [2.05, 4.69) is 15.5 Å². The van der Waals surface area contributed by atoms with Gasteiger partial charge in [0, 0.05) is 31.1 Å². The molecule has 0 spiro atoms. The number of sulfonamides is 1. The van der Waals surface area contributed by atoms with Gasteiger partial charge in [-0.25, -0.2) is 8.42 Å². The third-order valence-electron chi connectivity index (χ3n) is 4.79. The molecule has 1 atom stereocenters. The first-order chi connectivity index (χ1) is 14.9. The number of morpholine rings is 1. The smallest absolute Gasteiger partial charge is 0.309 e. The Balaban J connectivity index is 1.42. The third kappa shape index (κ3) is 4.84. The molecule has 1 N–H and O–H groups in total. The lowest BCUT2D eigenvalue weighted by atomic mass is 10.2. The summed E-state index contributed by atoms with van der Waals surface area (Å²) in [5, 5.41) is 10.5. The van der Waals surface area contributed by atoms with Crippen LogP contribution in [0.25, 0.3) is 11.5 Å². The average Bonchev–Trinajstić information content (AvgIpc) is 3.47. The first-order valence-corrected chi connectivity index (χ1v) is 11.2. The van der Waals surface area contributed by atoms with Crippen LogP contribution in [0.3, 0.4) is 0 Å². The van der Waals surface area contributed by atoms with Gasteiger partial charge in [0.2, 0.25) is 15.9 Å². The van der Waals surface area contributed by atoms with Crippen LogP contribution in [0, 0.1) is 0 Å². The second kappa shape index (κ2) is 9.00. The molecule has 1 fully saturated rings. The predicted molar refractivity (Wildman–Crippen MR) is 109 cm³/mol. The topological polar surface area (TPSA) is 128 Å². The van der Waals surface area contributed by atoms with Gasteiger partial charge in [-0.15, -0.1) is 10.2 Å². The van der Waals surface area contributed by atoms with Crippen LogP contribution >= 0.6 is 0 Å². The Labute approximate surface area is 179 Å². The van der Waals surface area contributed by atoms with E-state index in [-0.39, 0.29) is 22.7 Å². The summed E-state index contributed by atoms with van der Waals surface area (Å²) in [5.41, 5.74) is 0.510. The highest BCUT2D eigenvalue weighted by atomic mass is 32.2. The minimum atomic E-state index is -3.59. The molecule has 0 unspecified atom stereocenters. The number of hydrogen-bond donors (Lipinski definition) is 1. The van der Waals surface area contributed by atoms with Crippen molar-refractivity contribution in [2.24, 2.45) is 0 Å². The van der Waals surface area contributed by atoms with E-state index in [1.165, 1.54) is 16.4 Å². The van der Waals surface area contributed by atoms with E-state index in [1.807, 2.05) is 13.0 Å². The van der Waals surface area contributed by atoms with Gasteiger partial charge >= 0.3 is 11.8 Å².